The molecule has 0 heterocycles. The first-order valence-corrected chi connectivity index (χ1v) is 12.2. The number of anilines is 1. The molecule has 184 valence electrons. The van der Waals surface area contributed by atoms with Crippen LogP contribution in [0.4, 0.5) is 10.5 Å². The molecule has 1 fully saturated rings. The molecule has 0 aliphatic heterocycles. The number of rotatable bonds is 9. The van der Waals surface area contributed by atoms with Crippen LogP contribution < -0.4 is 19.5 Å². The molecule has 0 unspecified atom stereocenters. The van der Waals surface area contributed by atoms with E-state index in [0.29, 0.717) is 36.1 Å². The van der Waals surface area contributed by atoms with Crippen molar-refractivity contribution >= 4 is 11.7 Å². The smallest absolute Gasteiger partial charge is 0.322 e. The van der Waals surface area contributed by atoms with Gasteiger partial charge in [0.1, 0.15) is 12.4 Å². The number of para-hydroxylation sites is 2. The van der Waals surface area contributed by atoms with Crippen molar-refractivity contribution in [1.29, 1.82) is 0 Å². The number of amides is 2. The molecule has 35 heavy (non-hydrogen) atoms. The first-order valence-electron chi connectivity index (χ1n) is 12.2. The fraction of sp³-hybridized carbons (Fsp3) is 0.345. The monoisotopic (exact) mass is 474 g/mol. The standard InChI is InChI=1S/C29H34N2O4/c1-33-26-16-10-9-15-25(26)30-29(32)31(24-13-7-4-8-14-24)20-23-17-18-27(28(19-23)34-2)35-21-22-11-5-3-6-12-22/h3,5-6,9-12,15-19,24H,4,7-8,13-14,20-21H2,1-2H3,(H,30,32). The highest BCUT2D eigenvalue weighted by Crippen LogP contribution is 2.32. The molecule has 6 nitrogen and oxygen atoms in total. The van der Waals surface area contributed by atoms with Gasteiger partial charge in [0.15, 0.2) is 11.5 Å². The van der Waals surface area contributed by atoms with Gasteiger partial charge < -0.3 is 24.4 Å². The van der Waals surface area contributed by atoms with Crippen LogP contribution in [0.15, 0.2) is 72.8 Å². The molecule has 1 N–H and O–H groups in total. The van der Waals surface area contributed by atoms with Gasteiger partial charge in [-0.05, 0) is 48.2 Å². The Balaban J connectivity index is 1.51. The second-order valence-corrected chi connectivity index (χ2v) is 8.81. The third-order valence-electron chi connectivity index (χ3n) is 6.44. The van der Waals surface area contributed by atoms with Crippen LogP contribution in [0.5, 0.6) is 17.2 Å². The molecule has 4 rings (SSSR count). The van der Waals surface area contributed by atoms with Crippen LogP contribution in [-0.4, -0.2) is 31.2 Å². The largest absolute Gasteiger partial charge is 0.495 e. The summed E-state index contributed by atoms with van der Waals surface area (Å²) >= 11 is 0. The number of nitrogens with zero attached hydrogens (tertiary/aromatic N) is 1. The van der Waals surface area contributed by atoms with Crippen LogP contribution in [-0.2, 0) is 13.2 Å². The van der Waals surface area contributed by atoms with E-state index < -0.39 is 0 Å². The third-order valence-corrected chi connectivity index (χ3v) is 6.44. The van der Waals surface area contributed by atoms with Gasteiger partial charge in [-0.25, -0.2) is 4.79 Å². The zero-order valence-electron chi connectivity index (χ0n) is 20.5. The number of carbonyl (C=O) groups excluding carboxylic acids is 1. The molecule has 0 radical (unpaired) electrons. The second kappa shape index (κ2) is 12.2. The number of hydrogen-bond acceptors (Lipinski definition) is 4. The maximum atomic E-state index is 13.5. The Morgan fingerprint density at radius 2 is 1.54 bits per heavy atom. The van der Waals surface area contributed by atoms with Crippen molar-refractivity contribution in [3.8, 4) is 17.2 Å². The second-order valence-electron chi connectivity index (χ2n) is 8.81. The van der Waals surface area contributed by atoms with E-state index in [1.807, 2.05) is 77.7 Å². The highest BCUT2D eigenvalue weighted by Gasteiger charge is 2.26. The van der Waals surface area contributed by atoms with E-state index in [-0.39, 0.29) is 12.1 Å². The first-order chi connectivity index (χ1) is 17.2. The molecule has 0 bridgehead atoms. The molecule has 3 aromatic rings. The number of nitrogens with one attached hydrogen (secondary N) is 1. The topological polar surface area (TPSA) is 60.0 Å². The number of carbonyl (C=O) groups is 1. The fourth-order valence-corrected chi connectivity index (χ4v) is 4.56. The van der Waals surface area contributed by atoms with Crippen LogP contribution in [0.1, 0.15) is 43.2 Å². The van der Waals surface area contributed by atoms with Crippen LogP contribution in [0.2, 0.25) is 0 Å². The molecule has 3 aromatic carbocycles. The van der Waals surface area contributed by atoms with E-state index >= 15 is 0 Å². The number of urea groups is 1. The van der Waals surface area contributed by atoms with E-state index in [1.54, 1.807) is 14.2 Å². The van der Waals surface area contributed by atoms with Gasteiger partial charge in [-0.2, -0.15) is 0 Å². The maximum Gasteiger partial charge on any atom is 0.322 e. The van der Waals surface area contributed by atoms with Crippen molar-refractivity contribution in [2.75, 3.05) is 19.5 Å². The van der Waals surface area contributed by atoms with E-state index in [2.05, 4.69) is 5.32 Å². The van der Waals surface area contributed by atoms with Crippen LogP contribution >= 0.6 is 0 Å². The maximum absolute atomic E-state index is 13.5. The Hall–Kier alpha value is -3.67. The fourth-order valence-electron chi connectivity index (χ4n) is 4.56. The van der Waals surface area contributed by atoms with Gasteiger partial charge in [-0.15, -0.1) is 0 Å². The molecule has 1 aliphatic rings. The molecule has 6 heteroatoms. The predicted octanol–water partition coefficient (Wildman–Crippen LogP) is 6.65. The van der Waals surface area contributed by atoms with Gasteiger partial charge >= 0.3 is 6.03 Å². The number of hydrogen-bond donors (Lipinski definition) is 1. The highest BCUT2D eigenvalue weighted by molar-refractivity contribution is 5.91. The van der Waals surface area contributed by atoms with E-state index in [1.165, 1.54) is 6.42 Å². The Morgan fingerprint density at radius 1 is 0.829 bits per heavy atom. The van der Waals surface area contributed by atoms with Crippen molar-refractivity contribution in [2.45, 2.75) is 51.3 Å². The number of benzene rings is 3. The lowest BCUT2D eigenvalue weighted by Gasteiger charge is -2.34. The molecule has 0 aromatic heterocycles. The summed E-state index contributed by atoms with van der Waals surface area (Å²) in [4.78, 5) is 15.4. The van der Waals surface area contributed by atoms with Crippen molar-refractivity contribution in [2.24, 2.45) is 0 Å². The Bertz CT molecular complexity index is 1100. The lowest BCUT2D eigenvalue weighted by Crippen LogP contribution is -2.43. The SMILES string of the molecule is COc1ccccc1NC(=O)N(Cc1ccc(OCc2ccccc2)c(OC)c1)C1CCCCC1. The molecular weight excluding hydrogens is 440 g/mol. The van der Waals surface area contributed by atoms with Gasteiger partial charge in [0.05, 0.1) is 19.9 Å². The highest BCUT2D eigenvalue weighted by atomic mass is 16.5. The minimum Gasteiger partial charge on any atom is -0.495 e. The van der Waals surface area contributed by atoms with Gasteiger partial charge in [0, 0.05) is 12.6 Å². The molecular formula is C29H34N2O4. The van der Waals surface area contributed by atoms with Gasteiger partial charge in [0.25, 0.3) is 0 Å². The summed E-state index contributed by atoms with van der Waals surface area (Å²) in [6, 6.07) is 23.5. The van der Waals surface area contributed by atoms with Crippen LogP contribution in [0.25, 0.3) is 0 Å². The minimum absolute atomic E-state index is 0.121. The Morgan fingerprint density at radius 3 is 2.29 bits per heavy atom. The Labute approximate surface area is 207 Å². The Kier molecular flexibility index (Phi) is 8.49. The molecule has 0 atom stereocenters. The zero-order chi connectivity index (χ0) is 24.5. The quantitative estimate of drug-likeness (QED) is 0.377. The average Bonchev–Trinajstić information content (AvgIpc) is 2.92. The number of ether oxygens (including phenoxy) is 3. The van der Waals surface area contributed by atoms with E-state index in [0.717, 1.165) is 36.8 Å². The summed E-state index contributed by atoms with van der Waals surface area (Å²) in [5.41, 5.74) is 2.76. The lowest BCUT2D eigenvalue weighted by atomic mass is 9.94. The van der Waals surface area contributed by atoms with Gasteiger partial charge in [-0.3, -0.25) is 0 Å². The zero-order valence-corrected chi connectivity index (χ0v) is 20.5. The van der Waals surface area contributed by atoms with Crippen molar-refractivity contribution in [3.63, 3.8) is 0 Å². The molecule has 0 saturated heterocycles. The minimum atomic E-state index is -0.121. The molecule has 0 spiro atoms. The average molecular weight is 475 g/mol. The summed E-state index contributed by atoms with van der Waals surface area (Å²) in [6.45, 7) is 0.951. The summed E-state index contributed by atoms with van der Waals surface area (Å²) in [5.74, 6) is 1.99. The van der Waals surface area contributed by atoms with E-state index in [4.69, 9.17) is 14.2 Å². The van der Waals surface area contributed by atoms with Crippen molar-refractivity contribution in [1.82, 2.24) is 4.90 Å². The van der Waals surface area contributed by atoms with Gasteiger partial charge in [0.2, 0.25) is 0 Å². The summed E-state index contributed by atoms with van der Waals surface area (Å²) in [7, 11) is 3.25. The molecule has 1 aliphatic carbocycles. The summed E-state index contributed by atoms with van der Waals surface area (Å²) in [5, 5.41) is 3.06. The number of methoxy groups -OCH3 is 2. The molecule has 1 saturated carbocycles. The van der Waals surface area contributed by atoms with Crippen LogP contribution in [0, 0.1) is 0 Å². The van der Waals surface area contributed by atoms with Crippen LogP contribution in [0.3, 0.4) is 0 Å². The third kappa shape index (κ3) is 6.47. The lowest BCUT2D eigenvalue weighted by molar-refractivity contribution is 0.162. The van der Waals surface area contributed by atoms with Gasteiger partial charge in [-0.1, -0.05) is 67.8 Å². The summed E-state index contributed by atoms with van der Waals surface area (Å²) < 4.78 is 17.1. The van der Waals surface area contributed by atoms with Crippen molar-refractivity contribution < 1.29 is 19.0 Å². The predicted molar refractivity (Wildman–Crippen MR) is 138 cm³/mol. The van der Waals surface area contributed by atoms with E-state index in [9.17, 15) is 4.79 Å². The molecule has 2 amide bonds. The summed E-state index contributed by atoms with van der Waals surface area (Å²) in [6.07, 6.45) is 5.51. The van der Waals surface area contributed by atoms with Crippen molar-refractivity contribution in [3.05, 3.63) is 83.9 Å². The first kappa shape index (κ1) is 24.5. The normalized spacial score (nSPS) is 13.7.